The molecule has 0 spiro atoms. The second-order valence-corrected chi connectivity index (χ2v) is 7.68. The number of carbonyl (C=O) groups is 2. The van der Waals surface area contributed by atoms with E-state index in [0.717, 1.165) is 0 Å². The molecule has 0 bridgehead atoms. The van der Waals surface area contributed by atoms with Gasteiger partial charge in [0.25, 0.3) is 0 Å². The summed E-state index contributed by atoms with van der Waals surface area (Å²) in [5.41, 5.74) is 1.28. The van der Waals surface area contributed by atoms with Crippen LogP contribution in [0.3, 0.4) is 0 Å². The minimum Gasteiger partial charge on any atom is -0.491 e. The van der Waals surface area contributed by atoms with Crippen LogP contribution >= 0.6 is 0 Å². The van der Waals surface area contributed by atoms with E-state index in [1.54, 1.807) is 30.3 Å². The van der Waals surface area contributed by atoms with Crippen molar-refractivity contribution in [3.63, 3.8) is 0 Å². The second-order valence-electron chi connectivity index (χ2n) is 7.68. The number of methoxy groups -OCH3 is 1. The van der Waals surface area contributed by atoms with Crippen molar-refractivity contribution in [2.75, 3.05) is 38.7 Å². The number of hydrogen-bond donors (Lipinski definition) is 3. The molecule has 1 aliphatic heterocycles. The van der Waals surface area contributed by atoms with Gasteiger partial charge in [0.1, 0.15) is 30.8 Å². The number of alkyl carbamates (subject to hydrolysis) is 1. The van der Waals surface area contributed by atoms with E-state index in [1.807, 2.05) is 0 Å². The van der Waals surface area contributed by atoms with E-state index in [0.29, 0.717) is 55.1 Å². The Morgan fingerprint density at radius 2 is 1.97 bits per heavy atom. The Morgan fingerprint density at radius 1 is 1.21 bits per heavy atom. The standard InChI is InChI=1S/C24H27FN4O5/c1-32-24(31)28-14-23(30)29-22-4-2-3-21(25)20(22)10-9-18-12-27-13-19(34-18)15-33-17-7-5-16(11-26)6-8-17/h2-8,18-19,27H,9-10,12-15H2,1H3,(H,28,31)(H,29,30)/t18-,19+/m1/s1. The number of rotatable bonds is 9. The number of ether oxygens (including phenoxy) is 3. The van der Waals surface area contributed by atoms with Crippen molar-refractivity contribution < 1.29 is 28.2 Å². The maximum atomic E-state index is 14.5. The zero-order valence-corrected chi connectivity index (χ0v) is 18.8. The van der Waals surface area contributed by atoms with E-state index in [-0.39, 0.29) is 18.8 Å². The van der Waals surface area contributed by atoms with E-state index in [4.69, 9.17) is 14.7 Å². The molecule has 10 heteroatoms. The van der Waals surface area contributed by atoms with Gasteiger partial charge in [0, 0.05) is 24.3 Å². The van der Waals surface area contributed by atoms with Crippen LogP contribution in [0.15, 0.2) is 42.5 Å². The molecule has 2 amide bonds. The minimum atomic E-state index is -0.728. The Balaban J connectivity index is 1.51. The summed E-state index contributed by atoms with van der Waals surface area (Å²) >= 11 is 0. The number of nitriles is 1. The number of nitrogens with zero attached hydrogens (tertiary/aromatic N) is 1. The molecule has 2 aromatic carbocycles. The van der Waals surface area contributed by atoms with Gasteiger partial charge in [0.15, 0.2) is 0 Å². The van der Waals surface area contributed by atoms with Crippen molar-refractivity contribution in [1.82, 2.24) is 10.6 Å². The molecule has 0 radical (unpaired) electrons. The van der Waals surface area contributed by atoms with Gasteiger partial charge in [-0.2, -0.15) is 5.26 Å². The highest BCUT2D eigenvalue weighted by molar-refractivity contribution is 5.94. The van der Waals surface area contributed by atoms with Crippen LogP contribution in [0.5, 0.6) is 5.75 Å². The lowest BCUT2D eigenvalue weighted by Gasteiger charge is -2.31. The molecule has 34 heavy (non-hydrogen) atoms. The molecule has 0 saturated carbocycles. The Labute approximate surface area is 197 Å². The molecule has 1 heterocycles. The molecule has 1 fully saturated rings. The van der Waals surface area contributed by atoms with Gasteiger partial charge in [0.05, 0.1) is 24.8 Å². The van der Waals surface area contributed by atoms with Crippen molar-refractivity contribution >= 4 is 17.7 Å². The van der Waals surface area contributed by atoms with Crippen LogP contribution in [-0.4, -0.2) is 57.6 Å². The smallest absolute Gasteiger partial charge is 0.407 e. The lowest BCUT2D eigenvalue weighted by Crippen LogP contribution is -2.47. The highest BCUT2D eigenvalue weighted by atomic mass is 19.1. The summed E-state index contributed by atoms with van der Waals surface area (Å²) in [7, 11) is 1.20. The first-order valence-electron chi connectivity index (χ1n) is 10.9. The summed E-state index contributed by atoms with van der Waals surface area (Å²) in [6.07, 6.45) is -0.187. The Morgan fingerprint density at radius 3 is 2.71 bits per heavy atom. The first-order chi connectivity index (χ1) is 16.5. The molecule has 0 unspecified atom stereocenters. The largest absolute Gasteiger partial charge is 0.491 e. The van der Waals surface area contributed by atoms with E-state index in [9.17, 15) is 14.0 Å². The fourth-order valence-corrected chi connectivity index (χ4v) is 3.51. The predicted molar refractivity (Wildman–Crippen MR) is 122 cm³/mol. The Kier molecular flexibility index (Phi) is 9.20. The molecule has 1 saturated heterocycles. The van der Waals surface area contributed by atoms with Crippen LogP contribution in [0.4, 0.5) is 14.9 Å². The minimum absolute atomic E-state index is 0.160. The van der Waals surface area contributed by atoms with Crippen molar-refractivity contribution in [1.29, 1.82) is 5.26 Å². The van der Waals surface area contributed by atoms with Crippen LogP contribution in [0.2, 0.25) is 0 Å². The molecule has 0 aliphatic carbocycles. The number of benzene rings is 2. The van der Waals surface area contributed by atoms with Crippen molar-refractivity contribution in [2.24, 2.45) is 0 Å². The maximum absolute atomic E-state index is 14.5. The molecule has 1 aliphatic rings. The summed E-state index contributed by atoms with van der Waals surface area (Å²) in [6.45, 7) is 1.29. The summed E-state index contributed by atoms with van der Waals surface area (Å²) in [6, 6.07) is 13.4. The van der Waals surface area contributed by atoms with Crippen molar-refractivity contribution in [3.8, 4) is 11.8 Å². The first-order valence-corrected chi connectivity index (χ1v) is 10.9. The summed E-state index contributed by atoms with van der Waals surface area (Å²) in [5, 5.41) is 17.1. The van der Waals surface area contributed by atoms with Crippen molar-refractivity contribution in [3.05, 3.63) is 59.4 Å². The fraction of sp³-hybridized carbons (Fsp3) is 0.375. The monoisotopic (exact) mass is 470 g/mol. The number of amides is 2. The van der Waals surface area contributed by atoms with Crippen LogP contribution in [-0.2, 0) is 20.7 Å². The topological polar surface area (TPSA) is 122 Å². The number of carbonyl (C=O) groups excluding carboxylic acids is 2. The van der Waals surface area contributed by atoms with Gasteiger partial charge in [-0.1, -0.05) is 6.07 Å². The van der Waals surface area contributed by atoms with Crippen LogP contribution in [0.25, 0.3) is 0 Å². The number of morpholine rings is 1. The maximum Gasteiger partial charge on any atom is 0.407 e. The van der Waals surface area contributed by atoms with Gasteiger partial charge in [0.2, 0.25) is 5.91 Å². The van der Waals surface area contributed by atoms with Crippen LogP contribution in [0.1, 0.15) is 17.5 Å². The van der Waals surface area contributed by atoms with Crippen LogP contribution < -0.4 is 20.7 Å². The highest BCUT2D eigenvalue weighted by Gasteiger charge is 2.23. The van der Waals surface area contributed by atoms with Gasteiger partial charge in [-0.15, -0.1) is 0 Å². The van der Waals surface area contributed by atoms with Gasteiger partial charge in [-0.05, 0) is 49.2 Å². The number of hydrogen-bond acceptors (Lipinski definition) is 7. The average molecular weight is 471 g/mol. The summed E-state index contributed by atoms with van der Waals surface area (Å²) in [4.78, 5) is 23.2. The zero-order chi connectivity index (χ0) is 24.3. The zero-order valence-electron chi connectivity index (χ0n) is 18.8. The van der Waals surface area contributed by atoms with Gasteiger partial charge >= 0.3 is 6.09 Å². The molecule has 2 aromatic rings. The Bertz CT molecular complexity index is 1030. The third kappa shape index (κ3) is 7.43. The van der Waals surface area contributed by atoms with Gasteiger partial charge in [-0.3, -0.25) is 4.79 Å². The third-order valence-corrected chi connectivity index (χ3v) is 5.24. The SMILES string of the molecule is COC(=O)NCC(=O)Nc1cccc(F)c1CC[C@@H]1CNC[C@@H](COc2ccc(C#N)cc2)O1. The molecule has 2 atom stereocenters. The third-order valence-electron chi connectivity index (χ3n) is 5.24. The molecule has 9 nitrogen and oxygen atoms in total. The normalized spacial score (nSPS) is 17.3. The quantitative estimate of drug-likeness (QED) is 0.514. The molecule has 180 valence electrons. The molecular weight excluding hydrogens is 443 g/mol. The van der Waals surface area contributed by atoms with E-state index >= 15 is 0 Å². The van der Waals surface area contributed by atoms with Gasteiger partial charge < -0.3 is 30.2 Å². The molecule has 3 N–H and O–H groups in total. The summed E-state index contributed by atoms with van der Waals surface area (Å²) in [5.74, 6) is -0.269. The van der Waals surface area contributed by atoms with E-state index < -0.39 is 17.8 Å². The van der Waals surface area contributed by atoms with Crippen molar-refractivity contribution in [2.45, 2.75) is 25.0 Å². The lowest BCUT2D eigenvalue weighted by atomic mass is 10.0. The van der Waals surface area contributed by atoms with Gasteiger partial charge in [-0.25, -0.2) is 9.18 Å². The average Bonchev–Trinajstić information content (AvgIpc) is 2.86. The van der Waals surface area contributed by atoms with E-state index in [2.05, 4.69) is 26.8 Å². The molecule has 0 aromatic heterocycles. The fourth-order valence-electron chi connectivity index (χ4n) is 3.51. The highest BCUT2D eigenvalue weighted by Crippen LogP contribution is 2.23. The van der Waals surface area contributed by atoms with E-state index in [1.165, 1.54) is 19.2 Å². The Hall–Kier alpha value is -3.68. The lowest BCUT2D eigenvalue weighted by molar-refractivity contribution is -0.115. The number of anilines is 1. The predicted octanol–water partition coefficient (Wildman–Crippen LogP) is 2.36. The first kappa shape index (κ1) is 25.0. The number of nitrogens with one attached hydrogen (secondary N) is 3. The summed E-state index contributed by atoms with van der Waals surface area (Å²) < 4.78 is 30.8. The van der Waals surface area contributed by atoms with Crippen LogP contribution in [0, 0.1) is 17.1 Å². The number of halogens is 1. The molecule has 3 rings (SSSR count). The second kappa shape index (κ2) is 12.5. The molecular formula is C24H27FN4O5.